The summed E-state index contributed by atoms with van der Waals surface area (Å²) in [6.45, 7) is 0. The molecule has 0 heterocycles. The van der Waals surface area contributed by atoms with Gasteiger partial charge in [0, 0.05) is 5.75 Å². The van der Waals surface area contributed by atoms with E-state index in [2.05, 4.69) is 15.5 Å². The van der Waals surface area contributed by atoms with Gasteiger partial charge in [0.2, 0.25) is 0 Å². The Bertz CT molecular complexity index is 154. The first-order chi connectivity index (χ1) is 3.93. The third-order valence-corrected chi connectivity index (χ3v) is 1.10. The van der Waals surface area contributed by atoms with E-state index < -0.39 is 0 Å². The number of benzene rings is 1. The van der Waals surface area contributed by atoms with Gasteiger partial charge in [0.1, 0.15) is 0 Å². The van der Waals surface area contributed by atoms with Crippen LogP contribution in [0.2, 0.25) is 0 Å². The first kappa shape index (κ1) is 9.55. The van der Waals surface area contributed by atoms with E-state index in [1.165, 1.54) is 0 Å². The van der Waals surface area contributed by atoms with Crippen LogP contribution in [0.5, 0.6) is 5.75 Å². The van der Waals surface area contributed by atoms with Crippen molar-refractivity contribution in [2.75, 3.05) is 0 Å². The number of hydrogen-bond donors (Lipinski definition) is 0. The average molecular weight is 214 g/mol. The van der Waals surface area contributed by atoms with Gasteiger partial charge in [-0.1, -0.05) is 0 Å². The monoisotopic (exact) mass is 214 g/mol. The Hall–Kier alpha value is 0.554. The summed E-state index contributed by atoms with van der Waals surface area (Å²) in [6.07, 6.45) is 0. The standard InChI is InChI=1S/C6H6OP.Y/c8-7-6-4-2-1-3-5-6;/h2-5H,8H2;/q-1;+3. The molecule has 0 aliphatic heterocycles. The molecule has 0 fully saturated rings. The van der Waals surface area contributed by atoms with Crippen molar-refractivity contribution in [2.45, 2.75) is 0 Å². The maximum Gasteiger partial charge on any atom is 3.00 e. The van der Waals surface area contributed by atoms with Crippen LogP contribution in [0, 0.1) is 6.07 Å². The molecule has 0 N–H and O–H groups in total. The van der Waals surface area contributed by atoms with Crippen LogP contribution in [0.25, 0.3) is 0 Å². The molecule has 0 amide bonds. The van der Waals surface area contributed by atoms with Crippen LogP contribution in [0.1, 0.15) is 0 Å². The van der Waals surface area contributed by atoms with Gasteiger partial charge >= 0.3 is 32.7 Å². The van der Waals surface area contributed by atoms with E-state index in [0.717, 1.165) is 5.75 Å². The van der Waals surface area contributed by atoms with Crippen molar-refractivity contribution in [3.63, 3.8) is 0 Å². The smallest absolute Gasteiger partial charge is 0.506 e. The molecule has 0 saturated heterocycles. The van der Waals surface area contributed by atoms with E-state index in [9.17, 15) is 0 Å². The minimum absolute atomic E-state index is 0. The van der Waals surface area contributed by atoms with Crippen molar-refractivity contribution >= 4 is 9.47 Å². The summed E-state index contributed by atoms with van der Waals surface area (Å²) >= 11 is 0. The zero-order chi connectivity index (χ0) is 5.82. The van der Waals surface area contributed by atoms with E-state index >= 15 is 0 Å². The van der Waals surface area contributed by atoms with Gasteiger partial charge in [-0.15, -0.1) is 12.1 Å². The molecule has 1 aromatic rings. The van der Waals surface area contributed by atoms with Crippen LogP contribution >= 0.6 is 9.47 Å². The average Bonchev–Trinajstić information content (AvgIpc) is 1.90. The Kier molecular flexibility index (Phi) is 5.68. The summed E-state index contributed by atoms with van der Waals surface area (Å²) in [5.41, 5.74) is 0. The Morgan fingerprint density at radius 3 is 2.22 bits per heavy atom. The predicted octanol–water partition coefficient (Wildman–Crippen LogP) is 1.65. The molecule has 0 spiro atoms. The first-order valence-corrected chi connectivity index (χ1v) is 2.73. The molecule has 42 valence electrons. The maximum absolute atomic E-state index is 4.81. The second kappa shape index (κ2) is 5.35. The van der Waals surface area contributed by atoms with E-state index in [0.29, 0.717) is 0 Å². The van der Waals surface area contributed by atoms with Gasteiger partial charge in [-0.3, -0.25) is 0 Å². The molecule has 1 unspecified atom stereocenters. The van der Waals surface area contributed by atoms with E-state index in [-0.39, 0.29) is 32.7 Å². The Balaban J connectivity index is 0.000000640. The quantitative estimate of drug-likeness (QED) is 0.510. The van der Waals surface area contributed by atoms with Gasteiger partial charge in [0.25, 0.3) is 0 Å². The van der Waals surface area contributed by atoms with Gasteiger partial charge in [-0.2, -0.15) is 18.2 Å². The molecule has 0 radical (unpaired) electrons. The summed E-state index contributed by atoms with van der Waals surface area (Å²) in [6, 6.07) is 10.2. The molecule has 0 aliphatic carbocycles. The minimum Gasteiger partial charge on any atom is -0.506 e. The van der Waals surface area contributed by atoms with Crippen LogP contribution in [-0.4, -0.2) is 0 Å². The van der Waals surface area contributed by atoms with Crippen LogP contribution in [0.15, 0.2) is 24.3 Å². The summed E-state index contributed by atoms with van der Waals surface area (Å²) in [5, 5.41) is 0. The fraction of sp³-hybridized carbons (Fsp3) is 0. The SMILES string of the molecule is POc1cc[c-]cc1.[Y+3]. The molecular formula is C6H6OPY+2. The number of rotatable bonds is 1. The van der Waals surface area contributed by atoms with Crippen LogP contribution in [-0.2, 0) is 32.7 Å². The van der Waals surface area contributed by atoms with Gasteiger partial charge in [0.15, 0.2) is 0 Å². The van der Waals surface area contributed by atoms with Gasteiger partial charge in [0.05, 0.1) is 9.47 Å². The molecule has 9 heavy (non-hydrogen) atoms. The van der Waals surface area contributed by atoms with Gasteiger partial charge in [-0.05, 0) is 0 Å². The molecule has 1 atom stereocenters. The first-order valence-electron chi connectivity index (χ1n) is 2.26. The second-order valence-corrected chi connectivity index (χ2v) is 1.59. The van der Waals surface area contributed by atoms with Crippen LogP contribution in [0.3, 0.4) is 0 Å². The molecule has 3 heteroatoms. The molecule has 1 rings (SSSR count). The van der Waals surface area contributed by atoms with Crippen molar-refractivity contribution in [1.29, 1.82) is 0 Å². The van der Waals surface area contributed by atoms with Crippen LogP contribution < -0.4 is 4.52 Å². The van der Waals surface area contributed by atoms with Gasteiger partial charge in [-0.25, -0.2) is 0 Å². The van der Waals surface area contributed by atoms with Crippen molar-refractivity contribution in [2.24, 2.45) is 0 Å². The molecule has 0 aromatic heterocycles. The molecule has 0 bridgehead atoms. The summed E-state index contributed by atoms with van der Waals surface area (Å²) < 4.78 is 4.81. The van der Waals surface area contributed by atoms with E-state index in [1.807, 2.05) is 12.1 Å². The third kappa shape index (κ3) is 3.30. The third-order valence-electron chi connectivity index (χ3n) is 0.824. The normalized spacial score (nSPS) is 7.67. The van der Waals surface area contributed by atoms with Crippen molar-refractivity contribution in [3.8, 4) is 5.75 Å². The Morgan fingerprint density at radius 1 is 1.33 bits per heavy atom. The fourth-order valence-electron chi connectivity index (χ4n) is 0.450. The maximum atomic E-state index is 4.81. The van der Waals surface area contributed by atoms with Crippen molar-refractivity contribution in [3.05, 3.63) is 30.3 Å². The zero-order valence-electron chi connectivity index (χ0n) is 4.87. The van der Waals surface area contributed by atoms with Crippen molar-refractivity contribution < 1.29 is 37.2 Å². The summed E-state index contributed by atoms with van der Waals surface area (Å²) in [4.78, 5) is 0. The topological polar surface area (TPSA) is 9.23 Å². The van der Waals surface area contributed by atoms with Crippen LogP contribution in [0.4, 0.5) is 0 Å². The largest absolute Gasteiger partial charge is 3.00 e. The Labute approximate surface area is 82.3 Å². The summed E-state index contributed by atoms with van der Waals surface area (Å²) in [7, 11) is 2.18. The summed E-state index contributed by atoms with van der Waals surface area (Å²) in [5.74, 6) is 0.841. The molecule has 1 aromatic carbocycles. The second-order valence-electron chi connectivity index (χ2n) is 1.35. The van der Waals surface area contributed by atoms with Gasteiger partial charge < -0.3 is 4.52 Å². The zero-order valence-corrected chi connectivity index (χ0v) is 8.87. The van der Waals surface area contributed by atoms with E-state index in [4.69, 9.17) is 4.52 Å². The predicted molar refractivity (Wildman–Crippen MR) is 35.6 cm³/mol. The number of hydrogen-bond acceptors (Lipinski definition) is 1. The minimum atomic E-state index is 0. The molecule has 1 nitrogen and oxygen atoms in total. The van der Waals surface area contributed by atoms with Crippen molar-refractivity contribution in [1.82, 2.24) is 0 Å². The Morgan fingerprint density at radius 2 is 1.89 bits per heavy atom. The fourth-order valence-corrected chi connectivity index (χ4v) is 0.607. The molecular weight excluding hydrogens is 208 g/mol. The molecule has 0 aliphatic rings. The molecule has 0 saturated carbocycles. The van der Waals surface area contributed by atoms with E-state index in [1.54, 1.807) is 12.1 Å².